The lowest BCUT2D eigenvalue weighted by Crippen LogP contribution is -2.45. The van der Waals surface area contributed by atoms with Crippen molar-refractivity contribution in [1.29, 1.82) is 0 Å². The number of hydrogen-bond acceptors (Lipinski definition) is 5. The molecule has 0 aliphatic carbocycles. The van der Waals surface area contributed by atoms with Crippen LogP contribution in [0.1, 0.15) is 30.9 Å². The molecule has 1 unspecified atom stereocenters. The van der Waals surface area contributed by atoms with E-state index in [0.717, 1.165) is 5.56 Å². The van der Waals surface area contributed by atoms with Gasteiger partial charge >= 0.3 is 0 Å². The number of aryl methyl sites for hydroxylation is 1. The second-order valence-corrected chi connectivity index (χ2v) is 8.68. The lowest BCUT2D eigenvalue weighted by Gasteiger charge is -2.55. The Morgan fingerprint density at radius 1 is 1.15 bits per heavy atom. The van der Waals surface area contributed by atoms with Gasteiger partial charge in [0.05, 0.1) is 11.4 Å². The molecule has 1 heterocycles. The summed E-state index contributed by atoms with van der Waals surface area (Å²) >= 11 is 0. The van der Waals surface area contributed by atoms with E-state index >= 15 is 0 Å². The van der Waals surface area contributed by atoms with Gasteiger partial charge in [-0.25, -0.2) is 13.1 Å². The van der Waals surface area contributed by atoms with Crippen LogP contribution >= 0.6 is 11.0 Å². The summed E-state index contributed by atoms with van der Waals surface area (Å²) in [5.74, 6) is -0.993. The molecule has 0 aromatic heterocycles. The predicted molar refractivity (Wildman–Crippen MR) is 106 cm³/mol. The molecule has 0 fully saturated rings. The van der Waals surface area contributed by atoms with Gasteiger partial charge in [-0.05, 0) is 85.7 Å². The van der Waals surface area contributed by atoms with E-state index in [0.29, 0.717) is 30.6 Å². The van der Waals surface area contributed by atoms with Gasteiger partial charge in [-0.3, -0.25) is 9.11 Å². The molecule has 1 atom stereocenters. The third kappa shape index (κ3) is 3.81. The Bertz CT molecular complexity index is 835. The van der Waals surface area contributed by atoms with Crippen molar-refractivity contribution in [3.8, 4) is 0 Å². The molecule has 1 aliphatic rings. The summed E-state index contributed by atoms with van der Waals surface area (Å²) in [6.45, 7) is 4.26. The second kappa shape index (κ2) is 7.73. The molecule has 2 aromatic rings. The van der Waals surface area contributed by atoms with E-state index in [2.05, 4.69) is 0 Å². The summed E-state index contributed by atoms with van der Waals surface area (Å²) < 4.78 is 53.5. The van der Waals surface area contributed by atoms with Crippen molar-refractivity contribution in [3.05, 3.63) is 59.2 Å². The van der Waals surface area contributed by atoms with E-state index in [1.54, 1.807) is 13.0 Å². The highest BCUT2D eigenvalue weighted by atomic mass is 32.3. The smallest absolute Gasteiger partial charge is 0.148 e. The zero-order valence-corrected chi connectivity index (χ0v) is 16.2. The van der Waals surface area contributed by atoms with Crippen molar-refractivity contribution in [1.82, 2.24) is 4.31 Å². The monoisotopic (exact) mass is 397 g/mol. The van der Waals surface area contributed by atoms with Crippen molar-refractivity contribution in [2.45, 2.75) is 39.3 Å². The van der Waals surface area contributed by atoms with E-state index in [-0.39, 0.29) is 18.3 Å². The molecule has 4 N–H and O–H groups in total. The first-order valence-corrected chi connectivity index (χ1v) is 10.3. The minimum atomic E-state index is -3.55. The van der Waals surface area contributed by atoms with Crippen molar-refractivity contribution in [3.63, 3.8) is 0 Å². The molecule has 1 aliphatic heterocycles. The molecule has 27 heavy (non-hydrogen) atoms. The zero-order valence-electron chi connectivity index (χ0n) is 15.4. The lowest BCUT2D eigenvalue weighted by atomic mass is 10.1. The first kappa shape index (κ1) is 20.0. The van der Waals surface area contributed by atoms with Crippen LogP contribution < -0.4 is 10.0 Å². The molecule has 8 heteroatoms. The SMILES string of the molecule is Cc1ccc(N2c3ccc(F)cc3CN(C(C)CCCN)S2(O)O)c(F)c1. The third-order valence-electron chi connectivity index (χ3n) is 4.79. The largest absolute Gasteiger partial charge is 0.330 e. The van der Waals surface area contributed by atoms with E-state index in [4.69, 9.17) is 5.73 Å². The number of rotatable bonds is 5. The van der Waals surface area contributed by atoms with E-state index in [1.165, 1.54) is 38.9 Å². The fourth-order valence-electron chi connectivity index (χ4n) is 3.36. The Hall–Kier alpha value is -1.71. The number of hydrogen-bond donors (Lipinski definition) is 3. The van der Waals surface area contributed by atoms with Crippen molar-refractivity contribution < 1.29 is 17.9 Å². The van der Waals surface area contributed by atoms with Crippen molar-refractivity contribution in [2.75, 3.05) is 10.8 Å². The molecule has 0 amide bonds. The fraction of sp³-hybridized carbons (Fsp3) is 0.368. The van der Waals surface area contributed by atoms with Gasteiger partial charge in [-0.2, -0.15) is 4.31 Å². The number of benzene rings is 2. The Labute approximate surface area is 160 Å². The molecular weight excluding hydrogens is 372 g/mol. The molecule has 0 spiro atoms. The summed E-state index contributed by atoms with van der Waals surface area (Å²) in [6.07, 6.45) is 1.35. The highest BCUT2D eigenvalue weighted by molar-refractivity contribution is 8.23. The molecule has 2 aromatic carbocycles. The second-order valence-electron chi connectivity index (χ2n) is 6.87. The number of halogens is 2. The standard InChI is InChI=1S/C19H25F2N3O2S/c1-13-5-7-19(17(21)10-13)24-18-8-6-16(20)11-15(18)12-23(27(24,25)26)14(2)4-3-9-22/h5-8,10-11,14,25-26H,3-4,9,12,22H2,1-2H3. The molecule has 0 saturated carbocycles. The van der Waals surface area contributed by atoms with Gasteiger partial charge in [0.15, 0.2) is 0 Å². The van der Waals surface area contributed by atoms with Crippen LogP contribution in [0.3, 0.4) is 0 Å². The Morgan fingerprint density at radius 3 is 2.52 bits per heavy atom. The molecule has 0 radical (unpaired) electrons. The van der Waals surface area contributed by atoms with Gasteiger partial charge < -0.3 is 5.73 Å². The molecular formula is C19H25F2N3O2S. The van der Waals surface area contributed by atoms with Crippen LogP contribution in [0.4, 0.5) is 20.2 Å². The summed E-state index contributed by atoms with van der Waals surface area (Å²) in [6, 6.07) is 8.37. The van der Waals surface area contributed by atoms with Gasteiger partial charge in [-0.15, -0.1) is 0 Å². The van der Waals surface area contributed by atoms with Crippen LogP contribution in [-0.4, -0.2) is 26.0 Å². The highest BCUT2D eigenvalue weighted by Gasteiger charge is 2.41. The predicted octanol–water partition coefficient (Wildman–Crippen LogP) is 4.93. The maximum Gasteiger partial charge on any atom is 0.148 e. The Balaban J connectivity index is 2.13. The Kier molecular flexibility index (Phi) is 5.73. The van der Waals surface area contributed by atoms with Crippen LogP contribution in [0.2, 0.25) is 0 Å². The summed E-state index contributed by atoms with van der Waals surface area (Å²) in [4.78, 5) is 0. The van der Waals surface area contributed by atoms with E-state index in [9.17, 15) is 17.9 Å². The van der Waals surface area contributed by atoms with E-state index < -0.39 is 22.6 Å². The maximum atomic E-state index is 14.7. The fourth-order valence-corrected chi connectivity index (χ4v) is 5.33. The summed E-state index contributed by atoms with van der Waals surface area (Å²) in [5, 5.41) is 0. The van der Waals surface area contributed by atoms with Crippen LogP contribution in [-0.2, 0) is 6.54 Å². The molecule has 3 rings (SSSR count). The number of nitrogens with zero attached hydrogens (tertiary/aromatic N) is 2. The molecule has 0 bridgehead atoms. The average Bonchev–Trinajstić information content (AvgIpc) is 2.60. The quantitative estimate of drug-likeness (QED) is 0.667. The number of anilines is 2. The summed E-state index contributed by atoms with van der Waals surface area (Å²) in [7, 11) is -3.55. The van der Waals surface area contributed by atoms with Gasteiger partial charge in [0.1, 0.15) is 11.6 Å². The highest BCUT2D eigenvalue weighted by Crippen LogP contribution is 2.60. The minimum absolute atomic E-state index is 0.0455. The normalized spacial score (nSPS) is 18.9. The minimum Gasteiger partial charge on any atom is -0.330 e. The third-order valence-corrected chi connectivity index (χ3v) is 6.79. The van der Waals surface area contributed by atoms with Gasteiger partial charge in [-0.1, -0.05) is 6.07 Å². The average molecular weight is 397 g/mol. The maximum absolute atomic E-state index is 14.7. The number of nitrogens with two attached hydrogens (primary N) is 1. The van der Waals surface area contributed by atoms with Crippen molar-refractivity contribution >= 4 is 22.3 Å². The topological polar surface area (TPSA) is 73.0 Å². The number of fused-ring (bicyclic) bond motifs is 1. The van der Waals surface area contributed by atoms with Gasteiger partial charge in [0.2, 0.25) is 0 Å². The lowest BCUT2D eigenvalue weighted by molar-refractivity contribution is 0.269. The van der Waals surface area contributed by atoms with Crippen LogP contribution in [0, 0.1) is 18.6 Å². The van der Waals surface area contributed by atoms with Crippen LogP contribution in [0.5, 0.6) is 0 Å². The summed E-state index contributed by atoms with van der Waals surface area (Å²) in [5.41, 5.74) is 7.30. The van der Waals surface area contributed by atoms with Crippen LogP contribution in [0.25, 0.3) is 0 Å². The first-order chi connectivity index (χ1) is 12.8. The Morgan fingerprint density at radius 2 is 1.85 bits per heavy atom. The molecule has 5 nitrogen and oxygen atoms in total. The van der Waals surface area contributed by atoms with Crippen LogP contribution in [0.15, 0.2) is 36.4 Å². The molecule has 0 saturated heterocycles. The van der Waals surface area contributed by atoms with Gasteiger partial charge in [0, 0.05) is 12.6 Å². The van der Waals surface area contributed by atoms with E-state index in [1.807, 2.05) is 6.92 Å². The first-order valence-electron chi connectivity index (χ1n) is 8.85. The van der Waals surface area contributed by atoms with Crippen molar-refractivity contribution in [2.24, 2.45) is 5.73 Å². The van der Waals surface area contributed by atoms with Gasteiger partial charge in [0.25, 0.3) is 0 Å². The molecule has 148 valence electrons. The zero-order chi connectivity index (χ0) is 19.8.